The molecule has 3 nitrogen and oxygen atoms in total. The van der Waals surface area contributed by atoms with E-state index >= 15 is 0 Å². The van der Waals surface area contributed by atoms with Crippen LogP contribution in [0.15, 0.2) is 24.5 Å². The van der Waals surface area contributed by atoms with Crippen molar-refractivity contribution in [3.8, 4) is 0 Å². The molecule has 1 aromatic rings. The van der Waals surface area contributed by atoms with Crippen LogP contribution in [0.1, 0.15) is 38.2 Å². The number of rotatable bonds is 5. The summed E-state index contributed by atoms with van der Waals surface area (Å²) < 4.78 is 5.87. The molecule has 2 atom stereocenters. The summed E-state index contributed by atoms with van der Waals surface area (Å²) in [5, 5.41) is 3.70. The molecule has 1 spiro atoms. The Balaban J connectivity index is 1.55. The Labute approximate surface area is 109 Å². The van der Waals surface area contributed by atoms with Crippen LogP contribution in [0.25, 0.3) is 0 Å². The number of aromatic nitrogens is 1. The lowest BCUT2D eigenvalue weighted by Crippen LogP contribution is -2.66. The molecule has 0 radical (unpaired) electrons. The molecular formula is C15H22N2O. The molecule has 2 saturated carbocycles. The van der Waals surface area contributed by atoms with Crippen molar-refractivity contribution in [3.63, 3.8) is 0 Å². The molecule has 0 saturated heterocycles. The second kappa shape index (κ2) is 4.98. The fourth-order valence-electron chi connectivity index (χ4n) is 3.47. The van der Waals surface area contributed by atoms with Gasteiger partial charge in [-0.1, -0.05) is 12.5 Å². The fourth-order valence-corrected chi connectivity index (χ4v) is 3.47. The molecule has 3 heteroatoms. The average Bonchev–Trinajstić information content (AvgIpc) is 2.32. The van der Waals surface area contributed by atoms with Crippen LogP contribution >= 0.6 is 0 Å². The van der Waals surface area contributed by atoms with Crippen LogP contribution < -0.4 is 5.32 Å². The number of nitrogens with zero attached hydrogens (tertiary/aromatic N) is 1. The zero-order valence-electron chi connectivity index (χ0n) is 11.1. The van der Waals surface area contributed by atoms with Gasteiger partial charge in [-0.2, -0.15) is 0 Å². The van der Waals surface area contributed by atoms with Gasteiger partial charge >= 0.3 is 0 Å². The van der Waals surface area contributed by atoms with Crippen molar-refractivity contribution in [2.75, 3.05) is 6.61 Å². The summed E-state index contributed by atoms with van der Waals surface area (Å²) in [6.07, 6.45) is 9.49. The summed E-state index contributed by atoms with van der Waals surface area (Å²) in [4.78, 5) is 4.16. The minimum atomic E-state index is 0.457. The molecule has 18 heavy (non-hydrogen) atoms. The van der Waals surface area contributed by atoms with Gasteiger partial charge in [0.05, 0.1) is 6.10 Å². The maximum atomic E-state index is 5.87. The molecule has 2 aliphatic carbocycles. The first-order valence-corrected chi connectivity index (χ1v) is 7.09. The van der Waals surface area contributed by atoms with E-state index in [1.165, 1.54) is 31.2 Å². The number of ether oxygens (including phenoxy) is 1. The highest BCUT2D eigenvalue weighted by molar-refractivity contribution is 5.14. The smallest absolute Gasteiger partial charge is 0.0661 e. The molecule has 98 valence electrons. The molecule has 2 aliphatic rings. The fraction of sp³-hybridized carbons (Fsp3) is 0.667. The quantitative estimate of drug-likeness (QED) is 0.867. The summed E-state index contributed by atoms with van der Waals surface area (Å²) in [6, 6.07) is 4.77. The molecule has 0 aliphatic heterocycles. The maximum Gasteiger partial charge on any atom is 0.0661 e. The van der Waals surface area contributed by atoms with E-state index in [4.69, 9.17) is 4.74 Å². The number of hydrogen-bond donors (Lipinski definition) is 1. The van der Waals surface area contributed by atoms with E-state index in [0.717, 1.165) is 13.2 Å². The van der Waals surface area contributed by atoms with Crippen LogP contribution in [-0.2, 0) is 11.3 Å². The molecule has 0 bridgehead atoms. The lowest BCUT2D eigenvalue weighted by molar-refractivity contribution is -0.173. The summed E-state index contributed by atoms with van der Waals surface area (Å²) in [5.41, 5.74) is 1.73. The van der Waals surface area contributed by atoms with Gasteiger partial charge in [-0.15, -0.1) is 0 Å². The number of nitrogens with one attached hydrogen (secondary N) is 1. The normalized spacial score (nSPS) is 28.7. The first-order chi connectivity index (χ1) is 8.85. The average molecular weight is 246 g/mol. The van der Waals surface area contributed by atoms with Gasteiger partial charge in [-0.25, -0.2) is 0 Å². The van der Waals surface area contributed by atoms with Gasteiger partial charge in [-0.05, 0) is 37.8 Å². The van der Waals surface area contributed by atoms with Crippen molar-refractivity contribution in [1.29, 1.82) is 0 Å². The van der Waals surface area contributed by atoms with E-state index in [2.05, 4.69) is 23.3 Å². The first kappa shape index (κ1) is 12.1. The van der Waals surface area contributed by atoms with Crippen molar-refractivity contribution < 1.29 is 4.74 Å². The third-order valence-electron chi connectivity index (χ3n) is 4.71. The van der Waals surface area contributed by atoms with Gasteiger partial charge in [0.2, 0.25) is 0 Å². The van der Waals surface area contributed by atoms with Crippen LogP contribution in [-0.4, -0.2) is 23.7 Å². The topological polar surface area (TPSA) is 34.1 Å². The van der Waals surface area contributed by atoms with Gasteiger partial charge < -0.3 is 10.1 Å². The SMILES string of the molecule is CCOC1CC(NCc2cccnc2)C12CCC2. The van der Waals surface area contributed by atoms with Gasteiger partial charge in [0, 0.05) is 37.0 Å². The zero-order chi connectivity index (χ0) is 12.4. The third-order valence-corrected chi connectivity index (χ3v) is 4.71. The molecule has 0 aromatic carbocycles. The van der Waals surface area contributed by atoms with Crippen LogP contribution in [0.3, 0.4) is 0 Å². The standard InChI is InChI=1S/C15H22N2O/c1-2-18-14-9-13(15(14)6-4-7-15)17-11-12-5-3-8-16-10-12/h3,5,8,10,13-14,17H,2,4,6-7,9,11H2,1H3. The van der Waals surface area contributed by atoms with Crippen molar-refractivity contribution in [2.45, 2.75) is 51.3 Å². The number of pyridine rings is 1. The Morgan fingerprint density at radius 3 is 3.00 bits per heavy atom. The Morgan fingerprint density at radius 1 is 1.50 bits per heavy atom. The van der Waals surface area contributed by atoms with E-state index in [1.54, 1.807) is 0 Å². The Morgan fingerprint density at radius 2 is 2.39 bits per heavy atom. The van der Waals surface area contributed by atoms with Crippen LogP contribution in [0.5, 0.6) is 0 Å². The summed E-state index contributed by atoms with van der Waals surface area (Å²) in [5.74, 6) is 0. The predicted octanol–water partition coefficient (Wildman–Crippen LogP) is 2.52. The minimum absolute atomic E-state index is 0.457. The van der Waals surface area contributed by atoms with Crippen LogP contribution in [0, 0.1) is 5.41 Å². The van der Waals surface area contributed by atoms with Crippen LogP contribution in [0.2, 0.25) is 0 Å². The highest BCUT2D eigenvalue weighted by atomic mass is 16.5. The second-order valence-electron chi connectivity index (χ2n) is 5.56. The van der Waals surface area contributed by atoms with Gasteiger partial charge in [0.15, 0.2) is 0 Å². The molecule has 3 rings (SSSR count). The largest absolute Gasteiger partial charge is 0.378 e. The summed E-state index contributed by atoms with van der Waals surface area (Å²) >= 11 is 0. The molecule has 1 aromatic heterocycles. The van der Waals surface area contributed by atoms with Crippen molar-refractivity contribution >= 4 is 0 Å². The Bertz CT molecular complexity index is 389. The lowest BCUT2D eigenvalue weighted by Gasteiger charge is -2.61. The van der Waals surface area contributed by atoms with Crippen molar-refractivity contribution in [3.05, 3.63) is 30.1 Å². The molecular weight excluding hydrogens is 224 g/mol. The maximum absolute atomic E-state index is 5.87. The molecule has 2 fully saturated rings. The molecule has 2 unspecified atom stereocenters. The number of hydrogen-bond acceptors (Lipinski definition) is 3. The van der Waals surface area contributed by atoms with E-state index in [0.29, 0.717) is 17.6 Å². The van der Waals surface area contributed by atoms with Crippen molar-refractivity contribution in [2.24, 2.45) is 5.41 Å². The Kier molecular flexibility index (Phi) is 3.35. The molecule has 1 N–H and O–H groups in total. The minimum Gasteiger partial charge on any atom is -0.378 e. The predicted molar refractivity (Wildman–Crippen MR) is 71.2 cm³/mol. The zero-order valence-corrected chi connectivity index (χ0v) is 11.1. The van der Waals surface area contributed by atoms with E-state index < -0.39 is 0 Å². The highest BCUT2D eigenvalue weighted by Gasteiger charge is 2.58. The van der Waals surface area contributed by atoms with E-state index in [-0.39, 0.29) is 0 Å². The Hall–Kier alpha value is -0.930. The first-order valence-electron chi connectivity index (χ1n) is 7.09. The summed E-state index contributed by atoms with van der Waals surface area (Å²) in [6.45, 7) is 3.88. The molecule has 1 heterocycles. The van der Waals surface area contributed by atoms with Gasteiger partial charge in [0.25, 0.3) is 0 Å². The van der Waals surface area contributed by atoms with E-state index in [1.807, 2.05) is 18.5 Å². The van der Waals surface area contributed by atoms with Crippen molar-refractivity contribution in [1.82, 2.24) is 10.3 Å². The van der Waals surface area contributed by atoms with E-state index in [9.17, 15) is 0 Å². The highest BCUT2D eigenvalue weighted by Crippen LogP contribution is 2.57. The monoisotopic (exact) mass is 246 g/mol. The van der Waals surface area contributed by atoms with Gasteiger partial charge in [-0.3, -0.25) is 4.98 Å². The summed E-state index contributed by atoms with van der Waals surface area (Å²) in [7, 11) is 0. The van der Waals surface area contributed by atoms with Gasteiger partial charge in [0.1, 0.15) is 0 Å². The molecule has 0 amide bonds. The lowest BCUT2D eigenvalue weighted by atomic mass is 9.51. The second-order valence-corrected chi connectivity index (χ2v) is 5.56. The van der Waals surface area contributed by atoms with Crippen LogP contribution in [0.4, 0.5) is 0 Å². The third kappa shape index (κ3) is 1.95.